The van der Waals surface area contributed by atoms with Gasteiger partial charge in [0.25, 0.3) is 5.69 Å². The van der Waals surface area contributed by atoms with E-state index in [9.17, 15) is 10.1 Å². The summed E-state index contributed by atoms with van der Waals surface area (Å²) in [6.07, 6.45) is 0.756. The summed E-state index contributed by atoms with van der Waals surface area (Å²) in [5, 5.41) is 14.4. The van der Waals surface area contributed by atoms with Gasteiger partial charge in [-0.1, -0.05) is 23.2 Å². The van der Waals surface area contributed by atoms with Crippen LogP contribution in [0.4, 0.5) is 5.69 Å². The lowest BCUT2D eigenvalue weighted by molar-refractivity contribution is -0.384. The average molecular weight is 247 g/mol. The van der Waals surface area contributed by atoms with Crippen molar-refractivity contribution in [3.8, 4) is 0 Å². The van der Waals surface area contributed by atoms with Crippen LogP contribution < -0.4 is 5.32 Å². The molecule has 2 rings (SSSR count). The molecule has 1 N–H and O–H groups in total. The van der Waals surface area contributed by atoms with Crippen LogP contribution in [0.15, 0.2) is 6.07 Å². The number of nitrogens with one attached hydrogen (secondary N) is 1. The number of nitro benzene ring substituents is 1. The van der Waals surface area contributed by atoms with E-state index in [0.29, 0.717) is 11.6 Å². The van der Waals surface area contributed by atoms with Crippen LogP contribution in [0.25, 0.3) is 0 Å². The van der Waals surface area contributed by atoms with Gasteiger partial charge in [-0.2, -0.15) is 0 Å². The smallest absolute Gasteiger partial charge is 0.289 e. The summed E-state index contributed by atoms with van der Waals surface area (Å²) in [4.78, 5) is 10.2. The number of benzene rings is 1. The van der Waals surface area contributed by atoms with Crippen LogP contribution in [0.5, 0.6) is 0 Å². The molecule has 0 radical (unpaired) electrons. The Morgan fingerprint density at radius 3 is 2.80 bits per heavy atom. The van der Waals surface area contributed by atoms with Crippen LogP contribution in [0, 0.1) is 10.1 Å². The van der Waals surface area contributed by atoms with Gasteiger partial charge in [0.1, 0.15) is 5.02 Å². The zero-order valence-corrected chi connectivity index (χ0v) is 9.23. The van der Waals surface area contributed by atoms with Gasteiger partial charge >= 0.3 is 0 Å². The Labute approximate surface area is 96.3 Å². The zero-order valence-electron chi connectivity index (χ0n) is 7.72. The number of halogens is 2. The lowest BCUT2D eigenvalue weighted by atomic mass is 10.00. The van der Waals surface area contributed by atoms with Gasteiger partial charge in [-0.3, -0.25) is 10.1 Å². The first-order valence-corrected chi connectivity index (χ1v) is 5.21. The fourth-order valence-corrected chi connectivity index (χ4v) is 2.33. The van der Waals surface area contributed by atoms with E-state index in [1.165, 1.54) is 6.07 Å². The normalized spacial score (nSPS) is 14.8. The van der Waals surface area contributed by atoms with Crippen molar-refractivity contribution in [2.24, 2.45) is 0 Å². The highest BCUT2D eigenvalue weighted by Gasteiger charge is 2.23. The van der Waals surface area contributed by atoms with Crippen LogP contribution in [-0.4, -0.2) is 11.5 Å². The molecular weight excluding hydrogens is 239 g/mol. The van der Waals surface area contributed by atoms with Gasteiger partial charge in [0.05, 0.1) is 9.95 Å². The highest BCUT2D eigenvalue weighted by atomic mass is 35.5. The molecule has 6 heteroatoms. The lowest BCUT2D eigenvalue weighted by Gasteiger charge is -2.19. The third-order valence-corrected chi connectivity index (χ3v) is 3.22. The van der Waals surface area contributed by atoms with E-state index < -0.39 is 4.92 Å². The standard InChI is InChI=1S/C9H8Cl2N2O2/c10-7-3-8(13(14)15)9(11)6-4-12-2-1-5(6)7/h3,12H,1-2,4H2. The van der Waals surface area contributed by atoms with Crippen molar-refractivity contribution < 1.29 is 4.92 Å². The zero-order chi connectivity index (χ0) is 11.0. The lowest BCUT2D eigenvalue weighted by Crippen LogP contribution is -2.24. The fourth-order valence-electron chi connectivity index (χ4n) is 1.72. The van der Waals surface area contributed by atoms with E-state index in [0.717, 1.165) is 24.1 Å². The van der Waals surface area contributed by atoms with E-state index in [-0.39, 0.29) is 10.7 Å². The Kier molecular flexibility index (Phi) is 2.82. The van der Waals surface area contributed by atoms with E-state index >= 15 is 0 Å². The molecule has 1 aliphatic rings. The molecule has 0 spiro atoms. The van der Waals surface area contributed by atoms with Crippen molar-refractivity contribution in [2.75, 3.05) is 6.54 Å². The maximum atomic E-state index is 10.7. The number of rotatable bonds is 1. The van der Waals surface area contributed by atoms with Crippen molar-refractivity contribution in [1.82, 2.24) is 5.32 Å². The quantitative estimate of drug-likeness (QED) is 0.612. The van der Waals surface area contributed by atoms with Gasteiger partial charge in [-0.05, 0) is 24.1 Å². The topological polar surface area (TPSA) is 55.2 Å². The van der Waals surface area contributed by atoms with E-state index in [2.05, 4.69) is 5.32 Å². The molecule has 4 nitrogen and oxygen atoms in total. The summed E-state index contributed by atoms with van der Waals surface area (Å²) in [6.45, 7) is 1.36. The summed E-state index contributed by atoms with van der Waals surface area (Å²) in [7, 11) is 0. The van der Waals surface area contributed by atoms with Crippen molar-refractivity contribution in [3.63, 3.8) is 0 Å². The summed E-state index contributed by atoms with van der Waals surface area (Å²) in [5.41, 5.74) is 1.55. The number of fused-ring (bicyclic) bond motifs is 1. The van der Waals surface area contributed by atoms with Crippen LogP contribution >= 0.6 is 23.2 Å². The molecule has 0 aromatic heterocycles. The third-order valence-electron chi connectivity index (χ3n) is 2.46. The predicted octanol–water partition coefficient (Wildman–Crippen LogP) is 2.55. The highest BCUT2D eigenvalue weighted by molar-refractivity contribution is 6.36. The number of hydrogen-bond donors (Lipinski definition) is 1. The molecule has 1 heterocycles. The van der Waals surface area contributed by atoms with E-state index in [4.69, 9.17) is 23.2 Å². The number of nitro groups is 1. The Hall–Kier alpha value is -0.840. The van der Waals surface area contributed by atoms with Crippen molar-refractivity contribution >= 4 is 28.9 Å². The van der Waals surface area contributed by atoms with Crippen molar-refractivity contribution in [2.45, 2.75) is 13.0 Å². The van der Waals surface area contributed by atoms with E-state index in [1.54, 1.807) is 0 Å². The highest BCUT2D eigenvalue weighted by Crippen LogP contribution is 2.36. The number of nitrogens with zero attached hydrogens (tertiary/aromatic N) is 1. The Morgan fingerprint density at radius 2 is 2.13 bits per heavy atom. The first-order valence-electron chi connectivity index (χ1n) is 4.46. The second kappa shape index (κ2) is 3.96. The predicted molar refractivity (Wildman–Crippen MR) is 58.5 cm³/mol. The Balaban J connectivity index is 2.64. The Bertz CT molecular complexity index is 435. The van der Waals surface area contributed by atoms with Crippen LogP contribution in [0.2, 0.25) is 10.0 Å². The second-order valence-corrected chi connectivity index (χ2v) is 4.12. The molecule has 0 bridgehead atoms. The molecular formula is C9H8Cl2N2O2. The fraction of sp³-hybridized carbons (Fsp3) is 0.333. The minimum atomic E-state index is -0.511. The molecule has 0 saturated carbocycles. The molecule has 80 valence electrons. The molecule has 1 aliphatic heterocycles. The van der Waals surface area contributed by atoms with E-state index in [1.807, 2.05) is 0 Å². The van der Waals surface area contributed by atoms with Gasteiger partial charge < -0.3 is 5.32 Å². The SMILES string of the molecule is O=[N+]([O-])c1cc(Cl)c2c(c1Cl)CNCC2. The summed E-state index contributed by atoms with van der Waals surface area (Å²) < 4.78 is 0. The monoisotopic (exact) mass is 246 g/mol. The van der Waals surface area contributed by atoms with Crippen molar-refractivity contribution in [1.29, 1.82) is 0 Å². The third kappa shape index (κ3) is 1.80. The molecule has 0 saturated heterocycles. The molecule has 1 aromatic carbocycles. The van der Waals surface area contributed by atoms with Gasteiger partial charge in [0, 0.05) is 12.6 Å². The molecule has 0 unspecified atom stereocenters. The molecule has 1 aromatic rings. The van der Waals surface area contributed by atoms with Gasteiger partial charge in [-0.15, -0.1) is 0 Å². The maximum Gasteiger partial charge on any atom is 0.289 e. The minimum absolute atomic E-state index is 0.121. The van der Waals surface area contributed by atoms with Gasteiger partial charge in [0.15, 0.2) is 0 Å². The van der Waals surface area contributed by atoms with Crippen LogP contribution in [0.3, 0.4) is 0 Å². The molecule has 0 atom stereocenters. The summed E-state index contributed by atoms with van der Waals surface area (Å²) in [6, 6.07) is 1.33. The molecule has 15 heavy (non-hydrogen) atoms. The first-order chi connectivity index (χ1) is 7.11. The average Bonchev–Trinajstić information content (AvgIpc) is 2.23. The molecule has 0 aliphatic carbocycles. The minimum Gasteiger partial charge on any atom is -0.312 e. The molecule has 0 amide bonds. The molecule has 0 fully saturated rings. The second-order valence-electron chi connectivity index (χ2n) is 3.33. The summed E-state index contributed by atoms with van der Waals surface area (Å²) in [5.74, 6) is 0. The first kappa shape index (κ1) is 10.7. The maximum absolute atomic E-state index is 10.7. The van der Waals surface area contributed by atoms with Gasteiger partial charge in [0.2, 0.25) is 0 Å². The van der Waals surface area contributed by atoms with Crippen LogP contribution in [0.1, 0.15) is 11.1 Å². The van der Waals surface area contributed by atoms with Crippen LogP contribution in [-0.2, 0) is 13.0 Å². The number of hydrogen-bond acceptors (Lipinski definition) is 3. The largest absolute Gasteiger partial charge is 0.312 e. The summed E-state index contributed by atoms with van der Waals surface area (Å²) >= 11 is 11.9. The van der Waals surface area contributed by atoms with Crippen molar-refractivity contribution in [3.05, 3.63) is 37.4 Å². The Morgan fingerprint density at radius 1 is 1.40 bits per heavy atom. The van der Waals surface area contributed by atoms with Gasteiger partial charge in [-0.25, -0.2) is 0 Å².